The quantitative estimate of drug-likeness (QED) is 0.802. The third-order valence-electron chi connectivity index (χ3n) is 2.73. The van der Waals surface area contributed by atoms with E-state index >= 15 is 0 Å². The molecule has 7 nitrogen and oxygen atoms in total. The van der Waals surface area contributed by atoms with Crippen LogP contribution in [0, 0.1) is 5.82 Å². The van der Waals surface area contributed by atoms with Gasteiger partial charge in [0, 0.05) is 7.11 Å². The van der Waals surface area contributed by atoms with Gasteiger partial charge in [-0.05, 0) is 17.7 Å². The lowest BCUT2D eigenvalue weighted by Crippen LogP contribution is -2.39. The average molecular weight is 293 g/mol. The number of nitrogens with zero attached hydrogens (tertiary/aromatic N) is 3. The van der Waals surface area contributed by atoms with Crippen molar-refractivity contribution in [1.29, 1.82) is 0 Å². The van der Waals surface area contributed by atoms with E-state index in [2.05, 4.69) is 15.6 Å². The van der Waals surface area contributed by atoms with Crippen LogP contribution >= 0.6 is 0 Å². The third kappa shape index (κ3) is 4.33. The van der Waals surface area contributed by atoms with Crippen molar-refractivity contribution >= 4 is 11.7 Å². The smallest absolute Gasteiger partial charge is 0.244 e. The molecule has 1 heterocycles. The summed E-state index contributed by atoms with van der Waals surface area (Å²) >= 11 is 0. The molecule has 0 spiro atoms. The van der Waals surface area contributed by atoms with Crippen LogP contribution in [0.3, 0.4) is 0 Å². The van der Waals surface area contributed by atoms with E-state index in [9.17, 15) is 9.18 Å². The van der Waals surface area contributed by atoms with Gasteiger partial charge in [-0.3, -0.25) is 4.79 Å². The Morgan fingerprint density at radius 1 is 1.48 bits per heavy atom. The maximum absolute atomic E-state index is 12.8. The predicted octanol–water partition coefficient (Wildman–Crippen LogP) is 0.378. The van der Waals surface area contributed by atoms with Crippen LogP contribution in [0.1, 0.15) is 5.56 Å². The molecular weight excluding hydrogens is 277 g/mol. The fourth-order valence-electron chi connectivity index (χ4n) is 1.68. The minimum absolute atomic E-state index is 0.121. The van der Waals surface area contributed by atoms with Gasteiger partial charge >= 0.3 is 0 Å². The Hall–Kier alpha value is -2.32. The van der Waals surface area contributed by atoms with Crippen molar-refractivity contribution in [2.45, 2.75) is 12.6 Å². The second-order valence-corrected chi connectivity index (χ2v) is 4.48. The SMILES string of the molecule is COC[C@H](N)C(=O)Nc1cn(Cc2ccc(F)cc2)nn1. The minimum Gasteiger partial charge on any atom is -0.383 e. The second-order valence-electron chi connectivity index (χ2n) is 4.48. The molecule has 0 saturated carbocycles. The molecule has 0 aliphatic carbocycles. The Bertz CT molecular complexity index is 599. The van der Waals surface area contributed by atoms with Crippen LogP contribution in [0.4, 0.5) is 10.2 Å². The Morgan fingerprint density at radius 2 is 2.19 bits per heavy atom. The highest BCUT2D eigenvalue weighted by Crippen LogP contribution is 2.07. The van der Waals surface area contributed by atoms with Crippen LogP contribution in [-0.2, 0) is 16.1 Å². The zero-order valence-corrected chi connectivity index (χ0v) is 11.5. The highest BCUT2D eigenvalue weighted by atomic mass is 19.1. The maximum atomic E-state index is 12.8. The molecule has 3 N–H and O–H groups in total. The van der Waals surface area contributed by atoms with Gasteiger partial charge in [-0.25, -0.2) is 9.07 Å². The summed E-state index contributed by atoms with van der Waals surface area (Å²) in [7, 11) is 1.46. The third-order valence-corrected chi connectivity index (χ3v) is 2.73. The zero-order chi connectivity index (χ0) is 15.2. The van der Waals surface area contributed by atoms with Crippen molar-refractivity contribution in [3.63, 3.8) is 0 Å². The standard InChI is InChI=1S/C13H16FN5O2/c1-21-8-11(15)13(20)16-12-7-19(18-17-12)6-9-2-4-10(14)5-3-9/h2-5,7,11H,6,8,15H2,1H3,(H,16,20)/t11-/m0/s1. The number of nitrogens with one attached hydrogen (secondary N) is 1. The van der Waals surface area contributed by atoms with E-state index in [-0.39, 0.29) is 12.4 Å². The molecule has 112 valence electrons. The number of benzene rings is 1. The van der Waals surface area contributed by atoms with E-state index in [1.54, 1.807) is 18.3 Å². The van der Waals surface area contributed by atoms with Crippen molar-refractivity contribution in [3.8, 4) is 0 Å². The molecule has 2 aromatic rings. The van der Waals surface area contributed by atoms with E-state index in [4.69, 9.17) is 10.5 Å². The number of hydrogen-bond donors (Lipinski definition) is 2. The molecule has 1 atom stereocenters. The van der Waals surface area contributed by atoms with E-state index in [0.29, 0.717) is 12.4 Å². The number of carbonyl (C=O) groups is 1. The monoisotopic (exact) mass is 293 g/mol. The first-order valence-electron chi connectivity index (χ1n) is 6.28. The van der Waals surface area contributed by atoms with E-state index in [1.165, 1.54) is 23.9 Å². The lowest BCUT2D eigenvalue weighted by Gasteiger charge is -2.08. The van der Waals surface area contributed by atoms with E-state index in [0.717, 1.165) is 5.56 Å². The van der Waals surface area contributed by atoms with Gasteiger partial charge < -0.3 is 15.8 Å². The summed E-state index contributed by atoms with van der Waals surface area (Å²) in [5.74, 6) is -0.392. The first-order chi connectivity index (χ1) is 10.1. The van der Waals surface area contributed by atoms with Gasteiger partial charge in [0.2, 0.25) is 5.91 Å². The van der Waals surface area contributed by atoms with Crippen molar-refractivity contribution in [2.24, 2.45) is 5.73 Å². The van der Waals surface area contributed by atoms with Gasteiger partial charge in [0.1, 0.15) is 11.9 Å². The van der Waals surface area contributed by atoms with Crippen LogP contribution in [0.2, 0.25) is 0 Å². The summed E-state index contributed by atoms with van der Waals surface area (Å²) in [5.41, 5.74) is 6.46. The summed E-state index contributed by atoms with van der Waals surface area (Å²) in [6.45, 7) is 0.544. The summed E-state index contributed by atoms with van der Waals surface area (Å²) in [6, 6.07) is 5.29. The van der Waals surface area contributed by atoms with Gasteiger partial charge in [0.15, 0.2) is 5.82 Å². The molecule has 0 saturated heterocycles. The van der Waals surface area contributed by atoms with Crippen molar-refractivity contribution < 1.29 is 13.9 Å². The Labute approximate surface area is 120 Å². The Balaban J connectivity index is 1.95. The number of amides is 1. The van der Waals surface area contributed by atoms with Crippen LogP contribution in [0.15, 0.2) is 30.5 Å². The Kier molecular flexibility index (Phi) is 4.96. The molecule has 1 aromatic carbocycles. The van der Waals surface area contributed by atoms with Gasteiger partial charge in [0.25, 0.3) is 0 Å². The summed E-state index contributed by atoms with van der Waals surface area (Å²) in [6.07, 6.45) is 1.57. The van der Waals surface area contributed by atoms with Crippen molar-refractivity contribution in [2.75, 3.05) is 19.0 Å². The molecule has 1 amide bonds. The lowest BCUT2D eigenvalue weighted by molar-refractivity contribution is -0.118. The summed E-state index contributed by atoms with van der Waals surface area (Å²) < 4.78 is 19.1. The van der Waals surface area contributed by atoms with Crippen molar-refractivity contribution in [1.82, 2.24) is 15.0 Å². The topological polar surface area (TPSA) is 95.1 Å². The molecule has 8 heteroatoms. The number of aromatic nitrogens is 3. The molecule has 0 aliphatic heterocycles. The van der Waals surface area contributed by atoms with Gasteiger partial charge in [0.05, 0.1) is 19.3 Å². The van der Waals surface area contributed by atoms with Crippen LogP contribution < -0.4 is 11.1 Å². The maximum Gasteiger partial charge on any atom is 0.244 e. The molecule has 21 heavy (non-hydrogen) atoms. The molecule has 0 unspecified atom stereocenters. The number of halogens is 1. The van der Waals surface area contributed by atoms with Crippen LogP contribution in [0.5, 0.6) is 0 Å². The molecule has 1 aromatic heterocycles. The van der Waals surface area contributed by atoms with Gasteiger partial charge in [-0.15, -0.1) is 5.10 Å². The molecule has 0 aliphatic rings. The highest BCUT2D eigenvalue weighted by Gasteiger charge is 2.14. The highest BCUT2D eigenvalue weighted by molar-refractivity contribution is 5.93. The van der Waals surface area contributed by atoms with Gasteiger partial charge in [-0.1, -0.05) is 17.3 Å². The first kappa shape index (κ1) is 15.1. The summed E-state index contributed by atoms with van der Waals surface area (Å²) in [5, 5.41) is 10.2. The van der Waals surface area contributed by atoms with Crippen LogP contribution in [0.25, 0.3) is 0 Å². The minimum atomic E-state index is -0.766. The van der Waals surface area contributed by atoms with Gasteiger partial charge in [-0.2, -0.15) is 0 Å². The molecule has 0 bridgehead atoms. The fraction of sp³-hybridized carbons (Fsp3) is 0.308. The normalized spacial score (nSPS) is 12.1. The fourth-order valence-corrected chi connectivity index (χ4v) is 1.68. The number of carbonyl (C=O) groups excluding carboxylic acids is 1. The second kappa shape index (κ2) is 6.91. The first-order valence-corrected chi connectivity index (χ1v) is 6.28. The number of ether oxygens (including phenoxy) is 1. The Morgan fingerprint density at radius 3 is 2.86 bits per heavy atom. The average Bonchev–Trinajstić information content (AvgIpc) is 2.89. The number of nitrogens with two attached hydrogens (primary N) is 1. The summed E-state index contributed by atoms with van der Waals surface area (Å²) in [4.78, 5) is 11.7. The molecule has 2 rings (SSSR count). The molecule has 0 fully saturated rings. The lowest BCUT2D eigenvalue weighted by atomic mass is 10.2. The predicted molar refractivity (Wildman–Crippen MR) is 74.0 cm³/mol. The zero-order valence-electron chi connectivity index (χ0n) is 11.5. The van der Waals surface area contributed by atoms with E-state index in [1.807, 2.05) is 0 Å². The number of methoxy groups -OCH3 is 1. The molecule has 0 radical (unpaired) electrons. The van der Waals surface area contributed by atoms with E-state index < -0.39 is 11.9 Å². The number of hydrogen-bond acceptors (Lipinski definition) is 5. The largest absolute Gasteiger partial charge is 0.383 e. The molecular formula is C13H16FN5O2. The number of anilines is 1. The van der Waals surface area contributed by atoms with Crippen molar-refractivity contribution in [3.05, 3.63) is 41.8 Å². The van der Waals surface area contributed by atoms with Crippen LogP contribution in [-0.4, -0.2) is 40.7 Å². The number of rotatable bonds is 6.